The van der Waals surface area contributed by atoms with Gasteiger partial charge in [0.05, 0.1) is 0 Å². The zero-order chi connectivity index (χ0) is 8.97. The van der Waals surface area contributed by atoms with Crippen LogP contribution in [0, 0.1) is 11.8 Å². The molecule has 1 aliphatic rings. The Balaban J connectivity index is 2.24. The Morgan fingerprint density at radius 3 is 2.33 bits per heavy atom. The first kappa shape index (κ1) is 10.0. The van der Waals surface area contributed by atoms with Gasteiger partial charge >= 0.3 is 0 Å². The van der Waals surface area contributed by atoms with Gasteiger partial charge in [-0.3, -0.25) is 0 Å². The van der Waals surface area contributed by atoms with Crippen molar-refractivity contribution in [2.24, 2.45) is 11.8 Å². The molecule has 72 valence electrons. The van der Waals surface area contributed by atoms with E-state index in [1.807, 2.05) is 0 Å². The van der Waals surface area contributed by atoms with E-state index in [1.54, 1.807) is 0 Å². The summed E-state index contributed by atoms with van der Waals surface area (Å²) in [4.78, 5) is 0. The molecule has 1 nitrogen and oxygen atoms in total. The van der Waals surface area contributed by atoms with E-state index in [2.05, 4.69) is 26.1 Å². The topological polar surface area (TPSA) is 12.0 Å². The summed E-state index contributed by atoms with van der Waals surface area (Å²) in [5, 5.41) is 3.53. The number of hydrogen-bond acceptors (Lipinski definition) is 1. The summed E-state index contributed by atoms with van der Waals surface area (Å²) in [6, 6.07) is 0.738. The van der Waals surface area contributed by atoms with Crippen molar-refractivity contribution in [1.82, 2.24) is 5.32 Å². The van der Waals surface area contributed by atoms with Gasteiger partial charge in [0.15, 0.2) is 0 Å². The number of rotatable bonds is 3. The molecule has 1 rings (SSSR count). The summed E-state index contributed by atoms with van der Waals surface area (Å²) in [7, 11) is 0. The first-order chi connectivity index (χ1) is 5.74. The lowest BCUT2D eigenvalue weighted by Gasteiger charge is -2.31. The third-order valence-electron chi connectivity index (χ3n) is 3.29. The molecule has 12 heavy (non-hydrogen) atoms. The second-order valence-electron chi connectivity index (χ2n) is 4.37. The quantitative estimate of drug-likeness (QED) is 0.685. The van der Waals surface area contributed by atoms with Crippen LogP contribution in [0.4, 0.5) is 0 Å². The lowest BCUT2D eigenvalue weighted by Crippen LogP contribution is -2.35. The minimum Gasteiger partial charge on any atom is -0.314 e. The molecule has 1 fully saturated rings. The number of hydrogen-bond donors (Lipinski definition) is 1. The molecule has 0 aromatic heterocycles. The van der Waals surface area contributed by atoms with Crippen LogP contribution in [-0.2, 0) is 0 Å². The van der Waals surface area contributed by atoms with Crippen molar-refractivity contribution < 1.29 is 0 Å². The number of nitrogens with one attached hydrogen (secondary N) is 1. The molecule has 1 heteroatoms. The van der Waals surface area contributed by atoms with Gasteiger partial charge < -0.3 is 5.32 Å². The van der Waals surface area contributed by atoms with E-state index in [0.29, 0.717) is 0 Å². The lowest BCUT2D eigenvalue weighted by atomic mass is 9.80. The summed E-state index contributed by atoms with van der Waals surface area (Å²) in [5.74, 6) is 1.93. The molecule has 0 spiro atoms. The molecular weight excluding hydrogens is 146 g/mol. The molecule has 1 aliphatic carbocycles. The Morgan fingerprint density at radius 1 is 1.25 bits per heavy atom. The molecule has 0 aromatic carbocycles. The SMILES string of the molecule is CCNC(C)C1CCC(C)CC1. The third kappa shape index (κ3) is 2.78. The highest BCUT2D eigenvalue weighted by molar-refractivity contribution is 4.77. The summed E-state index contributed by atoms with van der Waals surface area (Å²) in [6.07, 6.45) is 5.77. The van der Waals surface area contributed by atoms with Gasteiger partial charge in [-0.2, -0.15) is 0 Å². The van der Waals surface area contributed by atoms with Gasteiger partial charge in [0.2, 0.25) is 0 Å². The predicted octanol–water partition coefficient (Wildman–Crippen LogP) is 2.81. The van der Waals surface area contributed by atoms with Crippen molar-refractivity contribution in [2.75, 3.05) is 6.54 Å². The Morgan fingerprint density at radius 2 is 1.83 bits per heavy atom. The van der Waals surface area contributed by atoms with E-state index >= 15 is 0 Å². The van der Waals surface area contributed by atoms with E-state index in [9.17, 15) is 0 Å². The molecule has 0 aliphatic heterocycles. The van der Waals surface area contributed by atoms with Gasteiger partial charge in [0, 0.05) is 6.04 Å². The van der Waals surface area contributed by atoms with Crippen molar-refractivity contribution in [3.63, 3.8) is 0 Å². The Hall–Kier alpha value is -0.0400. The fourth-order valence-corrected chi connectivity index (χ4v) is 2.27. The zero-order valence-corrected chi connectivity index (χ0v) is 8.77. The van der Waals surface area contributed by atoms with E-state index < -0.39 is 0 Å². The Labute approximate surface area is 76.9 Å². The standard InChI is InChI=1S/C11H23N/c1-4-12-10(3)11-7-5-9(2)6-8-11/h9-12H,4-8H2,1-3H3. The molecule has 1 atom stereocenters. The van der Waals surface area contributed by atoms with Crippen LogP contribution in [0.1, 0.15) is 46.5 Å². The first-order valence-corrected chi connectivity index (χ1v) is 5.47. The molecule has 1 N–H and O–H groups in total. The fraction of sp³-hybridized carbons (Fsp3) is 1.00. The second kappa shape index (κ2) is 4.86. The molecule has 0 saturated heterocycles. The molecule has 0 aromatic rings. The molecule has 0 heterocycles. The molecule has 0 radical (unpaired) electrons. The molecule has 0 amide bonds. The van der Waals surface area contributed by atoms with E-state index in [0.717, 1.165) is 24.4 Å². The van der Waals surface area contributed by atoms with Gasteiger partial charge in [-0.15, -0.1) is 0 Å². The van der Waals surface area contributed by atoms with Crippen molar-refractivity contribution in [3.8, 4) is 0 Å². The third-order valence-corrected chi connectivity index (χ3v) is 3.29. The van der Waals surface area contributed by atoms with Crippen molar-refractivity contribution in [1.29, 1.82) is 0 Å². The smallest absolute Gasteiger partial charge is 0.00668 e. The van der Waals surface area contributed by atoms with E-state index in [4.69, 9.17) is 0 Å². The maximum absolute atomic E-state index is 3.53. The maximum Gasteiger partial charge on any atom is 0.00668 e. The average molecular weight is 169 g/mol. The van der Waals surface area contributed by atoms with Crippen molar-refractivity contribution >= 4 is 0 Å². The van der Waals surface area contributed by atoms with Crippen molar-refractivity contribution in [2.45, 2.75) is 52.5 Å². The fourth-order valence-electron chi connectivity index (χ4n) is 2.27. The van der Waals surface area contributed by atoms with Gasteiger partial charge in [0.1, 0.15) is 0 Å². The second-order valence-corrected chi connectivity index (χ2v) is 4.37. The average Bonchev–Trinajstić information content (AvgIpc) is 2.06. The zero-order valence-electron chi connectivity index (χ0n) is 8.77. The summed E-state index contributed by atoms with van der Waals surface area (Å²) in [6.45, 7) is 8.04. The highest BCUT2D eigenvalue weighted by atomic mass is 14.9. The maximum atomic E-state index is 3.53. The summed E-state index contributed by atoms with van der Waals surface area (Å²) in [5.41, 5.74) is 0. The van der Waals surface area contributed by atoms with E-state index in [1.165, 1.54) is 25.7 Å². The van der Waals surface area contributed by atoms with Gasteiger partial charge in [-0.05, 0) is 38.1 Å². The molecular formula is C11H23N. The first-order valence-electron chi connectivity index (χ1n) is 5.47. The van der Waals surface area contributed by atoms with E-state index in [-0.39, 0.29) is 0 Å². The Bertz CT molecular complexity index is 114. The summed E-state index contributed by atoms with van der Waals surface area (Å²) >= 11 is 0. The lowest BCUT2D eigenvalue weighted by molar-refractivity contribution is 0.241. The highest BCUT2D eigenvalue weighted by Gasteiger charge is 2.22. The van der Waals surface area contributed by atoms with Crippen molar-refractivity contribution in [3.05, 3.63) is 0 Å². The highest BCUT2D eigenvalue weighted by Crippen LogP contribution is 2.30. The van der Waals surface area contributed by atoms with Crippen LogP contribution >= 0.6 is 0 Å². The monoisotopic (exact) mass is 169 g/mol. The molecule has 1 unspecified atom stereocenters. The van der Waals surface area contributed by atoms with Gasteiger partial charge in [0.25, 0.3) is 0 Å². The predicted molar refractivity (Wildman–Crippen MR) is 54.3 cm³/mol. The van der Waals surface area contributed by atoms with Crippen LogP contribution in [0.15, 0.2) is 0 Å². The molecule has 0 bridgehead atoms. The summed E-state index contributed by atoms with van der Waals surface area (Å²) < 4.78 is 0. The minimum atomic E-state index is 0.738. The molecule has 1 saturated carbocycles. The van der Waals surface area contributed by atoms with Gasteiger partial charge in [-0.1, -0.05) is 26.7 Å². The van der Waals surface area contributed by atoms with Crippen LogP contribution in [0.2, 0.25) is 0 Å². The van der Waals surface area contributed by atoms with Crippen LogP contribution in [0.3, 0.4) is 0 Å². The normalized spacial score (nSPS) is 33.2. The largest absolute Gasteiger partial charge is 0.314 e. The van der Waals surface area contributed by atoms with Crippen LogP contribution < -0.4 is 5.32 Å². The van der Waals surface area contributed by atoms with Gasteiger partial charge in [-0.25, -0.2) is 0 Å². The van der Waals surface area contributed by atoms with Crippen LogP contribution in [-0.4, -0.2) is 12.6 Å². The minimum absolute atomic E-state index is 0.738. The Kier molecular flexibility index (Phi) is 4.07. The van der Waals surface area contributed by atoms with Crippen LogP contribution in [0.5, 0.6) is 0 Å². The van der Waals surface area contributed by atoms with Crippen LogP contribution in [0.25, 0.3) is 0 Å².